The lowest BCUT2D eigenvalue weighted by Crippen LogP contribution is -2.29. The maximum atomic E-state index is 13.7. The van der Waals surface area contributed by atoms with Gasteiger partial charge in [-0.2, -0.15) is 0 Å². The van der Waals surface area contributed by atoms with Crippen molar-refractivity contribution in [1.82, 2.24) is 0 Å². The molecule has 0 saturated heterocycles. The van der Waals surface area contributed by atoms with Crippen LogP contribution in [-0.2, 0) is 14.2 Å². The fourth-order valence-corrected chi connectivity index (χ4v) is 1.62. The van der Waals surface area contributed by atoms with Gasteiger partial charge in [0.15, 0.2) is 0 Å². The maximum absolute atomic E-state index is 13.7. The van der Waals surface area contributed by atoms with E-state index in [4.69, 9.17) is 15.2 Å². The average Bonchev–Trinajstić information content (AvgIpc) is 2.31. The normalized spacial score (nSPS) is 13.9. The molecule has 0 aliphatic heterocycles. The summed E-state index contributed by atoms with van der Waals surface area (Å²) in [6.45, 7) is 1.20. The minimum atomic E-state index is -1.16. The topological polar surface area (TPSA) is 70.8 Å². The summed E-state index contributed by atoms with van der Waals surface area (Å²) < 4.78 is 41.9. The number of halogens is 2. The molecule has 1 aromatic rings. The van der Waals surface area contributed by atoms with Gasteiger partial charge in [-0.25, -0.2) is 13.6 Å². The lowest BCUT2D eigenvalue weighted by molar-refractivity contribution is -0.113. The first-order valence-corrected chi connectivity index (χ1v) is 5.48. The predicted octanol–water partition coefficient (Wildman–Crippen LogP) is 2.11. The molecular formula is C12H15F2NO4. The summed E-state index contributed by atoms with van der Waals surface area (Å²) >= 11 is 0. The number of hydrogen-bond donors (Lipinski definition) is 1. The van der Waals surface area contributed by atoms with E-state index in [0.29, 0.717) is 0 Å². The molecule has 19 heavy (non-hydrogen) atoms. The molecule has 0 saturated carbocycles. The van der Waals surface area contributed by atoms with Crippen LogP contribution in [0.2, 0.25) is 0 Å². The molecule has 0 aromatic heterocycles. The number of hydrogen-bond acceptors (Lipinski definition) is 4. The second-order valence-electron chi connectivity index (χ2n) is 3.77. The van der Waals surface area contributed by atoms with Gasteiger partial charge in [0.1, 0.15) is 30.6 Å². The van der Waals surface area contributed by atoms with E-state index in [9.17, 15) is 13.6 Å². The van der Waals surface area contributed by atoms with E-state index in [2.05, 4.69) is 4.74 Å². The lowest BCUT2D eigenvalue weighted by Gasteiger charge is -2.24. The molecule has 0 bridgehead atoms. The number of methoxy groups -OCH3 is 1. The standard InChI is InChI=1S/C12H15F2NO4/c1-7(19-12(15)16)11(18-6-17-2)10-8(13)4-3-5-9(10)14/h3-5,7,11H,6H2,1-2H3,(H2,15,16). The molecule has 0 heterocycles. The van der Waals surface area contributed by atoms with E-state index < -0.39 is 29.9 Å². The van der Waals surface area contributed by atoms with Gasteiger partial charge in [0, 0.05) is 7.11 Å². The van der Waals surface area contributed by atoms with Crippen molar-refractivity contribution < 1.29 is 27.8 Å². The minimum Gasteiger partial charge on any atom is -0.444 e. The van der Waals surface area contributed by atoms with Crippen molar-refractivity contribution in [3.8, 4) is 0 Å². The van der Waals surface area contributed by atoms with Crippen LogP contribution < -0.4 is 5.73 Å². The van der Waals surface area contributed by atoms with Crippen molar-refractivity contribution in [1.29, 1.82) is 0 Å². The number of primary amides is 1. The molecule has 2 atom stereocenters. The first kappa shape index (κ1) is 15.3. The number of carbonyl (C=O) groups is 1. The number of rotatable bonds is 6. The minimum absolute atomic E-state index is 0.217. The van der Waals surface area contributed by atoms with Gasteiger partial charge in [-0.3, -0.25) is 0 Å². The van der Waals surface area contributed by atoms with Gasteiger partial charge in [0.25, 0.3) is 0 Å². The molecule has 1 aromatic carbocycles. The first-order chi connectivity index (χ1) is 8.97. The molecule has 0 aliphatic rings. The fraction of sp³-hybridized carbons (Fsp3) is 0.417. The summed E-state index contributed by atoms with van der Waals surface area (Å²) in [7, 11) is 1.36. The van der Waals surface area contributed by atoms with Crippen molar-refractivity contribution >= 4 is 6.09 Å². The SMILES string of the molecule is COCOC(c1c(F)cccc1F)C(C)OC(N)=O. The van der Waals surface area contributed by atoms with Gasteiger partial charge in [-0.15, -0.1) is 0 Å². The predicted molar refractivity (Wildman–Crippen MR) is 62.2 cm³/mol. The fourth-order valence-electron chi connectivity index (χ4n) is 1.62. The molecule has 0 radical (unpaired) electrons. The van der Waals surface area contributed by atoms with Crippen LogP contribution in [0.5, 0.6) is 0 Å². The Kier molecular flexibility index (Phi) is 5.65. The highest BCUT2D eigenvalue weighted by atomic mass is 19.1. The molecule has 1 amide bonds. The molecule has 5 nitrogen and oxygen atoms in total. The Balaban J connectivity index is 3.04. The molecule has 1 rings (SSSR count). The summed E-state index contributed by atoms with van der Waals surface area (Å²) in [6.07, 6.45) is -3.19. The Morgan fingerprint density at radius 3 is 2.42 bits per heavy atom. The van der Waals surface area contributed by atoms with E-state index in [1.165, 1.54) is 20.1 Å². The third-order valence-corrected chi connectivity index (χ3v) is 2.38. The second kappa shape index (κ2) is 7.01. The average molecular weight is 275 g/mol. The molecule has 2 N–H and O–H groups in total. The van der Waals surface area contributed by atoms with E-state index in [-0.39, 0.29) is 12.4 Å². The Morgan fingerprint density at radius 1 is 1.37 bits per heavy atom. The van der Waals surface area contributed by atoms with Gasteiger partial charge >= 0.3 is 6.09 Å². The third-order valence-electron chi connectivity index (χ3n) is 2.38. The molecule has 7 heteroatoms. The summed E-state index contributed by atoms with van der Waals surface area (Å²) in [5.74, 6) is -1.61. The highest BCUT2D eigenvalue weighted by Crippen LogP contribution is 2.28. The van der Waals surface area contributed by atoms with Crippen molar-refractivity contribution in [3.05, 3.63) is 35.4 Å². The number of amides is 1. The highest BCUT2D eigenvalue weighted by Gasteiger charge is 2.28. The number of benzene rings is 1. The second-order valence-corrected chi connectivity index (χ2v) is 3.77. The van der Waals surface area contributed by atoms with Crippen LogP contribution in [0, 0.1) is 11.6 Å². The summed E-state index contributed by atoms with van der Waals surface area (Å²) in [6, 6.07) is 3.39. The first-order valence-electron chi connectivity index (χ1n) is 5.48. The maximum Gasteiger partial charge on any atom is 0.404 e. The van der Waals surface area contributed by atoms with Crippen molar-refractivity contribution in [2.45, 2.75) is 19.1 Å². The van der Waals surface area contributed by atoms with Crippen molar-refractivity contribution in [2.75, 3.05) is 13.9 Å². The van der Waals surface area contributed by atoms with Crippen LogP contribution in [-0.4, -0.2) is 26.1 Å². The van der Waals surface area contributed by atoms with E-state index >= 15 is 0 Å². The lowest BCUT2D eigenvalue weighted by atomic mass is 10.0. The van der Waals surface area contributed by atoms with E-state index in [1.54, 1.807) is 0 Å². The van der Waals surface area contributed by atoms with Crippen molar-refractivity contribution in [2.24, 2.45) is 5.73 Å². The van der Waals surface area contributed by atoms with E-state index in [0.717, 1.165) is 12.1 Å². The van der Waals surface area contributed by atoms with Crippen molar-refractivity contribution in [3.63, 3.8) is 0 Å². The number of carbonyl (C=O) groups excluding carboxylic acids is 1. The summed E-state index contributed by atoms with van der Waals surface area (Å²) in [5.41, 5.74) is 4.54. The van der Waals surface area contributed by atoms with Gasteiger partial charge in [0.05, 0.1) is 5.56 Å². The zero-order valence-electron chi connectivity index (χ0n) is 10.6. The van der Waals surface area contributed by atoms with Crippen LogP contribution in [0.1, 0.15) is 18.6 Å². The summed E-state index contributed by atoms with van der Waals surface area (Å²) in [5, 5.41) is 0. The molecular weight excluding hydrogens is 260 g/mol. The highest BCUT2D eigenvalue weighted by molar-refractivity contribution is 5.64. The Bertz CT molecular complexity index is 421. The van der Waals surface area contributed by atoms with Crippen LogP contribution in [0.4, 0.5) is 13.6 Å². The quantitative estimate of drug-likeness (QED) is 0.807. The van der Waals surface area contributed by atoms with Gasteiger partial charge in [-0.05, 0) is 19.1 Å². The molecule has 0 spiro atoms. The van der Waals surface area contributed by atoms with Gasteiger partial charge in [0.2, 0.25) is 0 Å². The molecule has 0 fully saturated rings. The Morgan fingerprint density at radius 2 is 1.95 bits per heavy atom. The van der Waals surface area contributed by atoms with Crippen LogP contribution in [0.15, 0.2) is 18.2 Å². The monoisotopic (exact) mass is 275 g/mol. The zero-order chi connectivity index (χ0) is 14.4. The zero-order valence-corrected chi connectivity index (χ0v) is 10.6. The van der Waals surface area contributed by atoms with E-state index in [1.807, 2.05) is 0 Å². The Labute approximate surface area is 109 Å². The third kappa shape index (κ3) is 4.15. The van der Waals surface area contributed by atoms with Gasteiger partial charge in [-0.1, -0.05) is 6.07 Å². The number of ether oxygens (including phenoxy) is 3. The summed E-state index contributed by atoms with van der Waals surface area (Å²) in [4.78, 5) is 10.7. The Hall–Kier alpha value is -1.73. The largest absolute Gasteiger partial charge is 0.444 e. The molecule has 106 valence electrons. The van der Waals surface area contributed by atoms with Crippen LogP contribution >= 0.6 is 0 Å². The van der Waals surface area contributed by atoms with Crippen LogP contribution in [0.25, 0.3) is 0 Å². The smallest absolute Gasteiger partial charge is 0.404 e. The molecule has 2 unspecified atom stereocenters. The molecule has 0 aliphatic carbocycles. The van der Waals surface area contributed by atoms with Crippen LogP contribution in [0.3, 0.4) is 0 Å². The van der Waals surface area contributed by atoms with Gasteiger partial charge < -0.3 is 19.9 Å². The number of nitrogens with two attached hydrogens (primary N) is 1.